The highest BCUT2D eigenvalue weighted by atomic mass is 16.2. The Kier molecular flexibility index (Phi) is 6.68. The average molecular weight is 526 g/mol. The topological polar surface area (TPSA) is 108 Å². The van der Waals surface area contributed by atoms with E-state index in [-0.39, 0.29) is 11.5 Å². The summed E-state index contributed by atoms with van der Waals surface area (Å²) in [5.74, 6) is 1.13. The first-order chi connectivity index (χ1) is 18.9. The fraction of sp³-hybridized carbons (Fsp3) is 0.400. The van der Waals surface area contributed by atoms with E-state index in [0.717, 1.165) is 68.5 Å². The van der Waals surface area contributed by atoms with Crippen LogP contribution in [0.4, 0.5) is 11.5 Å². The maximum atomic E-state index is 13.2. The highest BCUT2D eigenvalue weighted by Gasteiger charge is 2.35. The SMILES string of the molecule is CC(C)(C(=O)N1CCCC1)n1cc(-c2cc3cc[nH]c(=O)c3c(Nc3ccc(C4CCNCC4)cc3)n2)cn1. The molecule has 0 aliphatic carbocycles. The summed E-state index contributed by atoms with van der Waals surface area (Å²) in [6.07, 6.45) is 9.62. The van der Waals surface area contributed by atoms with E-state index < -0.39 is 5.54 Å². The zero-order valence-electron chi connectivity index (χ0n) is 22.5. The van der Waals surface area contributed by atoms with Gasteiger partial charge in [-0.05, 0) is 93.8 Å². The first-order valence-corrected chi connectivity index (χ1v) is 13.9. The van der Waals surface area contributed by atoms with Crippen molar-refractivity contribution in [3.63, 3.8) is 0 Å². The number of amides is 1. The van der Waals surface area contributed by atoms with Crippen molar-refractivity contribution >= 4 is 28.2 Å². The van der Waals surface area contributed by atoms with Gasteiger partial charge >= 0.3 is 0 Å². The normalized spacial score (nSPS) is 16.6. The van der Waals surface area contributed by atoms with Gasteiger partial charge in [0.05, 0.1) is 17.3 Å². The highest BCUT2D eigenvalue weighted by Crippen LogP contribution is 2.31. The maximum Gasteiger partial charge on any atom is 0.259 e. The lowest BCUT2D eigenvalue weighted by Crippen LogP contribution is -2.46. The Balaban J connectivity index is 1.32. The van der Waals surface area contributed by atoms with Crippen LogP contribution in [0.25, 0.3) is 22.0 Å². The number of pyridine rings is 2. The lowest BCUT2D eigenvalue weighted by molar-refractivity contribution is -0.138. The van der Waals surface area contributed by atoms with Crippen molar-refractivity contribution < 1.29 is 4.79 Å². The number of rotatable bonds is 6. The van der Waals surface area contributed by atoms with Crippen LogP contribution in [-0.2, 0) is 10.3 Å². The molecule has 5 heterocycles. The molecule has 39 heavy (non-hydrogen) atoms. The summed E-state index contributed by atoms with van der Waals surface area (Å²) in [6.45, 7) is 7.50. The number of carbonyl (C=O) groups is 1. The van der Waals surface area contributed by atoms with Gasteiger partial charge in [-0.15, -0.1) is 0 Å². The molecule has 0 unspecified atom stereocenters. The average Bonchev–Trinajstić information content (AvgIpc) is 3.67. The Bertz CT molecular complexity index is 1540. The number of fused-ring (bicyclic) bond motifs is 1. The van der Waals surface area contributed by atoms with E-state index >= 15 is 0 Å². The Morgan fingerprint density at radius 2 is 1.82 bits per heavy atom. The Morgan fingerprint density at radius 1 is 1.08 bits per heavy atom. The second-order valence-electron chi connectivity index (χ2n) is 11.1. The molecular weight excluding hydrogens is 490 g/mol. The molecule has 3 aromatic heterocycles. The molecule has 202 valence electrons. The van der Waals surface area contributed by atoms with Gasteiger partial charge in [0.1, 0.15) is 11.4 Å². The first-order valence-electron chi connectivity index (χ1n) is 13.9. The number of hydrogen-bond acceptors (Lipinski definition) is 6. The molecule has 2 saturated heterocycles. The number of likely N-dealkylation sites (tertiary alicyclic amines) is 1. The lowest BCUT2D eigenvalue weighted by Gasteiger charge is -2.29. The minimum Gasteiger partial charge on any atom is -0.341 e. The predicted molar refractivity (Wildman–Crippen MR) is 153 cm³/mol. The summed E-state index contributed by atoms with van der Waals surface area (Å²) >= 11 is 0. The molecule has 4 aromatic rings. The van der Waals surface area contributed by atoms with Crippen molar-refractivity contribution in [1.82, 2.24) is 30.0 Å². The van der Waals surface area contributed by atoms with Gasteiger partial charge in [-0.25, -0.2) is 4.98 Å². The molecule has 6 rings (SSSR count). The van der Waals surface area contributed by atoms with Crippen LogP contribution >= 0.6 is 0 Å². The van der Waals surface area contributed by atoms with E-state index in [1.54, 1.807) is 17.1 Å². The van der Waals surface area contributed by atoms with Crippen molar-refractivity contribution in [1.29, 1.82) is 0 Å². The van der Waals surface area contributed by atoms with Crippen LogP contribution in [0.2, 0.25) is 0 Å². The molecule has 1 amide bonds. The van der Waals surface area contributed by atoms with Gasteiger partial charge in [-0.2, -0.15) is 5.10 Å². The Morgan fingerprint density at radius 3 is 2.56 bits per heavy atom. The monoisotopic (exact) mass is 525 g/mol. The lowest BCUT2D eigenvalue weighted by atomic mass is 9.90. The van der Waals surface area contributed by atoms with E-state index in [4.69, 9.17) is 4.98 Å². The van der Waals surface area contributed by atoms with Crippen molar-refractivity contribution in [2.75, 3.05) is 31.5 Å². The highest BCUT2D eigenvalue weighted by molar-refractivity contribution is 5.95. The Labute approximate surface area is 227 Å². The van der Waals surface area contributed by atoms with E-state index in [1.165, 1.54) is 5.56 Å². The fourth-order valence-electron chi connectivity index (χ4n) is 5.75. The molecule has 0 atom stereocenters. The summed E-state index contributed by atoms with van der Waals surface area (Å²) in [6, 6.07) is 12.2. The number of carbonyl (C=O) groups excluding carboxylic acids is 1. The Hall–Kier alpha value is -3.98. The van der Waals surface area contributed by atoms with Crippen molar-refractivity contribution in [3.8, 4) is 11.3 Å². The van der Waals surface area contributed by atoms with E-state index in [9.17, 15) is 9.59 Å². The van der Waals surface area contributed by atoms with E-state index in [2.05, 4.69) is 45.0 Å². The van der Waals surface area contributed by atoms with Crippen LogP contribution in [-0.4, -0.2) is 56.7 Å². The number of anilines is 2. The molecular formula is C30H35N7O2. The standard InChI is InChI=1S/C30H35N7O2/c1-30(2,29(39)36-15-3-4-16-36)37-19-23(18-33-37)25-17-22-11-14-32-28(38)26(22)27(35-25)34-24-7-5-20(6-8-24)21-9-12-31-13-10-21/h5-8,11,14,17-19,21,31H,3-4,9-10,12-13,15-16H2,1-2H3,(H,32,38)(H,34,35). The minimum absolute atomic E-state index is 0.0722. The van der Waals surface area contributed by atoms with E-state index in [1.807, 2.05) is 37.1 Å². The minimum atomic E-state index is -0.812. The van der Waals surface area contributed by atoms with Gasteiger partial charge in [0, 0.05) is 36.7 Å². The largest absolute Gasteiger partial charge is 0.341 e. The van der Waals surface area contributed by atoms with Crippen LogP contribution in [0.1, 0.15) is 51.0 Å². The van der Waals surface area contributed by atoms with E-state index in [0.29, 0.717) is 22.8 Å². The molecule has 9 heteroatoms. The number of H-pyrrole nitrogens is 1. The number of piperidine rings is 1. The summed E-state index contributed by atoms with van der Waals surface area (Å²) in [4.78, 5) is 35.6. The van der Waals surface area contributed by atoms with Crippen LogP contribution in [0.5, 0.6) is 0 Å². The molecule has 0 spiro atoms. The van der Waals surface area contributed by atoms with Gasteiger partial charge in [-0.1, -0.05) is 12.1 Å². The molecule has 2 aliphatic heterocycles. The van der Waals surface area contributed by atoms with Crippen LogP contribution in [0.3, 0.4) is 0 Å². The molecule has 2 fully saturated rings. The van der Waals surface area contributed by atoms with Crippen molar-refractivity contribution in [2.24, 2.45) is 0 Å². The predicted octanol–water partition coefficient (Wildman–Crippen LogP) is 4.35. The third-order valence-electron chi connectivity index (χ3n) is 8.11. The first kappa shape index (κ1) is 25.3. The maximum absolute atomic E-state index is 13.2. The van der Waals surface area contributed by atoms with Gasteiger partial charge < -0.3 is 20.5 Å². The van der Waals surface area contributed by atoms with Crippen LogP contribution in [0.15, 0.2) is 59.8 Å². The zero-order valence-corrected chi connectivity index (χ0v) is 22.5. The molecule has 1 aromatic carbocycles. The third-order valence-corrected chi connectivity index (χ3v) is 8.11. The quantitative estimate of drug-likeness (QED) is 0.345. The molecule has 2 aliphatic rings. The van der Waals surface area contributed by atoms with Gasteiger partial charge in [0.15, 0.2) is 0 Å². The summed E-state index contributed by atoms with van der Waals surface area (Å²) in [5, 5.41) is 12.6. The fourth-order valence-corrected chi connectivity index (χ4v) is 5.75. The summed E-state index contributed by atoms with van der Waals surface area (Å²) in [5.41, 5.74) is 2.66. The third kappa shape index (κ3) is 4.94. The number of benzene rings is 1. The molecule has 0 saturated carbocycles. The number of nitrogens with one attached hydrogen (secondary N) is 3. The zero-order chi connectivity index (χ0) is 27.0. The second kappa shape index (κ2) is 10.3. The van der Waals surface area contributed by atoms with Gasteiger partial charge in [0.25, 0.3) is 5.56 Å². The van der Waals surface area contributed by atoms with Gasteiger partial charge in [0.2, 0.25) is 5.91 Å². The summed E-state index contributed by atoms with van der Waals surface area (Å²) in [7, 11) is 0. The number of aromatic nitrogens is 4. The van der Waals surface area contributed by atoms with Crippen LogP contribution < -0.4 is 16.2 Å². The molecule has 9 nitrogen and oxygen atoms in total. The van der Waals surface area contributed by atoms with Crippen LogP contribution in [0, 0.1) is 0 Å². The number of aromatic amines is 1. The molecule has 0 bridgehead atoms. The smallest absolute Gasteiger partial charge is 0.259 e. The number of nitrogens with zero attached hydrogens (tertiary/aromatic N) is 4. The van der Waals surface area contributed by atoms with Crippen molar-refractivity contribution in [3.05, 3.63) is 70.9 Å². The molecule has 3 N–H and O–H groups in total. The summed E-state index contributed by atoms with van der Waals surface area (Å²) < 4.78 is 1.72. The van der Waals surface area contributed by atoms with Gasteiger partial charge in [-0.3, -0.25) is 14.3 Å². The van der Waals surface area contributed by atoms with Crippen molar-refractivity contribution in [2.45, 2.75) is 51.0 Å². The number of hydrogen-bond donors (Lipinski definition) is 3. The molecule has 0 radical (unpaired) electrons. The second-order valence-corrected chi connectivity index (χ2v) is 11.1.